The summed E-state index contributed by atoms with van der Waals surface area (Å²) in [4.78, 5) is 8.15. The smallest absolute Gasteiger partial charge is 0.238 e. The molecule has 4 heteroatoms. The molecule has 0 N–H and O–H groups in total. The maximum atomic E-state index is 5.64. The first kappa shape index (κ1) is 9.93. The molecule has 0 saturated heterocycles. The molecule has 1 heterocycles. The summed E-state index contributed by atoms with van der Waals surface area (Å²) in [5.41, 5.74) is 0.699. The minimum absolute atomic E-state index is 0.332. The number of alkyl halides is 1. The summed E-state index contributed by atoms with van der Waals surface area (Å²) in [5, 5.41) is 0. The van der Waals surface area contributed by atoms with Gasteiger partial charge in [-0.1, -0.05) is 18.2 Å². The number of para-hydroxylation sites is 1. The highest BCUT2D eigenvalue weighted by molar-refractivity contribution is 6.16. The maximum absolute atomic E-state index is 5.64. The van der Waals surface area contributed by atoms with Crippen LogP contribution >= 0.6 is 11.6 Å². The predicted octanol–water partition coefficient (Wildman–Crippen LogP) is 3.01. The molecule has 0 amide bonds. The van der Waals surface area contributed by atoms with Gasteiger partial charge in [0.05, 0.1) is 17.8 Å². The van der Waals surface area contributed by atoms with Crippen LogP contribution in [0.3, 0.4) is 0 Å². The molecule has 0 unspecified atom stereocenters. The van der Waals surface area contributed by atoms with Gasteiger partial charge in [-0.15, -0.1) is 11.6 Å². The van der Waals surface area contributed by atoms with Crippen molar-refractivity contribution < 1.29 is 4.74 Å². The zero-order valence-electron chi connectivity index (χ0n) is 7.93. The van der Waals surface area contributed by atoms with Gasteiger partial charge >= 0.3 is 0 Å². The van der Waals surface area contributed by atoms with E-state index in [1.807, 2.05) is 30.3 Å². The Kier molecular flexibility index (Phi) is 3.15. The summed E-state index contributed by atoms with van der Waals surface area (Å²) < 4.78 is 5.49. The Balaban J connectivity index is 2.17. The van der Waals surface area contributed by atoms with Crippen molar-refractivity contribution in [3.8, 4) is 11.6 Å². The highest BCUT2D eigenvalue weighted by atomic mass is 35.5. The lowest BCUT2D eigenvalue weighted by molar-refractivity contribution is 0.458. The fourth-order valence-electron chi connectivity index (χ4n) is 1.11. The lowest BCUT2D eigenvalue weighted by Gasteiger charge is -2.04. The van der Waals surface area contributed by atoms with E-state index in [-0.39, 0.29) is 0 Å². The monoisotopic (exact) mass is 220 g/mol. The number of nitrogens with zero attached hydrogens (tertiary/aromatic N) is 2. The number of benzene rings is 1. The van der Waals surface area contributed by atoms with Gasteiger partial charge in [-0.3, -0.25) is 4.98 Å². The second-order valence-electron chi connectivity index (χ2n) is 2.90. The van der Waals surface area contributed by atoms with E-state index >= 15 is 0 Å². The Morgan fingerprint density at radius 2 is 1.93 bits per heavy atom. The number of aromatic nitrogens is 2. The van der Waals surface area contributed by atoms with Gasteiger partial charge in [0.1, 0.15) is 5.75 Å². The molecule has 2 aromatic rings. The van der Waals surface area contributed by atoms with Crippen molar-refractivity contribution in [3.63, 3.8) is 0 Å². The van der Waals surface area contributed by atoms with Gasteiger partial charge in [0, 0.05) is 6.20 Å². The molecule has 15 heavy (non-hydrogen) atoms. The summed E-state index contributed by atoms with van der Waals surface area (Å²) in [6, 6.07) is 9.43. The summed E-state index contributed by atoms with van der Waals surface area (Å²) in [6.07, 6.45) is 3.17. The van der Waals surface area contributed by atoms with Gasteiger partial charge in [-0.25, -0.2) is 4.98 Å². The van der Waals surface area contributed by atoms with Crippen molar-refractivity contribution in [1.29, 1.82) is 0 Å². The van der Waals surface area contributed by atoms with Gasteiger partial charge in [-0.2, -0.15) is 0 Å². The van der Waals surface area contributed by atoms with Crippen molar-refractivity contribution in [2.24, 2.45) is 0 Å². The Bertz CT molecular complexity index is 434. The van der Waals surface area contributed by atoms with E-state index in [0.29, 0.717) is 17.5 Å². The van der Waals surface area contributed by atoms with Gasteiger partial charge in [0.2, 0.25) is 5.88 Å². The molecule has 0 fully saturated rings. The van der Waals surface area contributed by atoms with Crippen LogP contribution in [-0.4, -0.2) is 9.97 Å². The van der Waals surface area contributed by atoms with Gasteiger partial charge in [0.15, 0.2) is 0 Å². The third-order valence-corrected chi connectivity index (χ3v) is 2.04. The zero-order valence-corrected chi connectivity index (χ0v) is 8.69. The summed E-state index contributed by atoms with van der Waals surface area (Å²) in [5.74, 6) is 1.52. The van der Waals surface area contributed by atoms with Crippen LogP contribution in [0.5, 0.6) is 11.6 Å². The Hall–Kier alpha value is -1.61. The normalized spacial score (nSPS) is 9.93. The molecule has 3 nitrogen and oxygen atoms in total. The largest absolute Gasteiger partial charge is 0.437 e. The topological polar surface area (TPSA) is 35.0 Å². The molecular formula is C11H9ClN2O. The molecule has 0 aliphatic rings. The lowest BCUT2D eigenvalue weighted by atomic mass is 10.3. The van der Waals surface area contributed by atoms with Crippen LogP contribution < -0.4 is 4.74 Å². The van der Waals surface area contributed by atoms with Crippen molar-refractivity contribution in [2.45, 2.75) is 5.88 Å². The first-order valence-electron chi connectivity index (χ1n) is 4.48. The molecule has 0 bridgehead atoms. The van der Waals surface area contributed by atoms with Gasteiger partial charge < -0.3 is 4.74 Å². The molecular weight excluding hydrogens is 212 g/mol. The zero-order chi connectivity index (χ0) is 10.5. The molecule has 0 aliphatic carbocycles. The number of ether oxygens (including phenoxy) is 1. The van der Waals surface area contributed by atoms with Crippen molar-refractivity contribution in [3.05, 3.63) is 48.4 Å². The second kappa shape index (κ2) is 4.75. The molecule has 1 aromatic carbocycles. The molecule has 0 radical (unpaired) electrons. The number of hydrogen-bond donors (Lipinski definition) is 0. The third kappa shape index (κ3) is 2.67. The summed E-state index contributed by atoms with van der Waals surface area (Å²) in [6.45, 7) is 0. The molecule has 2 rings (SSSR count). The first-order chi connectivity index (χ1) is 7.38. The van der Waals surface area contributed by atoms with Gasteiger partial charge in [0.25, 0.3) is 0 Å². The molecule has 0 saturated carbocycles. The molecule has 1 aromatic heterocycles. The maximum Gasteiger partial charge on any atom is 0.238 e. The lowest BCUT2D eigenvalue weighted by Crippen LogP contribution is -1.92. The van der Waals surface area contributed by atoms with Crippen LogP contribution in [0.4, 0.5) is 0 Å². The third-order valence-electron chi connectivity index (χ3n) is 1.76. The summed E-state index contributed by atoms with van der Waals surface area (Å²) >= 11 is 5.64. The second-order valence-corrected chi connectivity index (χ2v) is 3.16. The van der Waals surface area contributed by atoms with Crippen LogP contribution in [-0.2, 0) is 5.88 Å². The highest BCUT2D eigenvalue weighted by Gasteiger charge is 1.99. The number of hydrogen-bond acceptors (Lipinski definition) is 3. The fourth-order valence-corrected chi connectivity index (χ4v) is 1.24. The first-order valence-corrected chi connectivity index (χ1v) is 5.02. The van der Waals surface area contributed by atoms with Crippen LogP contribution in [0, 0.1) is 0 Å². The van der Waals surface area contributed by atoms with E-state index in [1.165, 1.54) is 0 Å². The SMILES string of the molecule is ClCc1cncc(Oc2ccccc2)n1. The van der Waals surface area contributed by atoms with Crippen molar-refractivity contribution in [2.75, 3.05) is 0 Å². The average molecular weight is 221 g/mol. The van der Waals surface area contributed by atoms with Crippen LogP contribution in [0.15, 0.2) is 42.7 Å². The Morgan fingerprint density at radius 3 is 2.67 bits per heavy atom. The minimum Gasteiger partial charge on any atom is -0.437 e. The van der Waals surface area contributed by atoms with Crippen molar-refractivity contribution >= 4 is 11.6 Å². The Morgan fingerprint density at radius 1 is 1.13 bits per heavy atom. The minimum atomic E-state index is 0.332. The fraction of sp³-hybridized carbons (Fsp3) is 0.0909. The molecule has 0 aliphatic heterocycles. The van der Waals surface area contributed by atoms with E-state index in [9.17, 15) is 0 Å². The van der Waals surface area contributed by atoms with E-state index in [2.05, 4.69) is 9.97 Å². The van der Waals surface area contributed by atoms with E-state index in [1.54, 1.807) is 12.4 Å². The summed E-state index contributed by atoms with van der Waals surface area (Å²) in [7, 11) is 0. The highest BCUT2D eigenvalue weighted by Crippen LogP contribution is 2.17. The van der Waals surface area contributed by atoms with Crippen molar-refractivity contribution in [1.82, 2.24) is 9.97 Å². The quantitative estimate of drug-likeness (QED) is 0.746. The Labute approximate surface area is 92.7 Å². The van der Waals surface area contributed by atoms with Gasteiger partial charge in [-0.05, 0) is 12.1 Å². The number of halogens is 1. The van der Waals surface area contributed by atoms with E-state index in [0.717, 1.165) is 5.75 Å². The standard InChI is InChI=1S/C11H9ClN2O/c12-6-9-7-13-8-11(14-9)15-10-4-2-1-3-5-10/h1-5,7-8H,6H2. The molecule has 76 valence electrons. The van der Waals surface area contributed by atoms with E-state index < -0.39 is 0 Å². The average Bonchev–Trinajstić information content (AvgIpc) is 2.31. The van der Waals surface area contributed by atoms with E-state index in [4.69, 9.17) is 16.3 Å². The molecule has 0 atom stereocenters. The van der Waals surface area contributed by atoms with Crippen LogP contribution in [0.2, 0.25) is 0 Å². The number of rotatable bonds is 3. The van der Waals surface area contributed by atoms with Crippen LogP contribution in [0.25, 0.3) is 0 Å². The predicted molar refractivity (Wildman–Crippen MR) is 58.1 cm³/mol. The van der Waals surface area contributed by atoms with Crippen LogP contribution in [0.1, 0.15) is 5.69 Å². The molecule has 0 spiro atoms.